The summed E-state index contributed by atoms with van der Waals surface area (Å²) in [6.07, 6.45) is 0.881. The molecule has 1 aromatic heterocycles. The number of hydrogen-bond acceptors (Lipinski definition) is 3. The van der Waals surface area contributed by atoms with Crippen LogP contribution in [-0.4, -0.2) is 11.0 Å². The van der Waals surface area contributed by atoms with E-state index < -0.39 is 6.03 Å². The van der Waals surface area contributed by atoms with Crippen molar-refractivity contribution in [1.82, 2.24) is 4.98 Å². The second-order valence-electron chi connectivity index (χ2n) is 2.36. The molecule has 0 unspecified atom stereocenters. The van der Waals surface area contributed by atoms with Crippen molar-refractivity contribution in [3.05, 3.63) is 10.7 Å². The van der Waals surface area contributed by atoms with Crippen molar-refractivity contribution in [1.29, 1.82) is 0 Å². The highest BCUT2D eigenvalue weighted by Gasteiger charge is 2.06. The van der Waals surface area contributed by atoms with Crippen LogP contribution in [0.15, 0.2) is 0 Å². The van der Waals surface area contributed by atoms with Crippen LogP contribution in [-0.2, 0) is 6.42 Å². The molecular formula is C7H11N3OS. The average Bonchev–Trinajstić information content (AvgIpc) is 2.31. The number of nitrogens with one attached hydrogen (secondary N) is 1. The second kappa shape index (κ2) is 3.53. The van der Waals surface area contributed by atoms with E-state index in [0.717, 1.165) is 22.1 Å². The topological polar surface area (TPSA) is 68.0 Å². The summed E-state index contributed by atoms with van der Waals surface area (Å²) < 4.78 is 0. The molecule has 1 rings (SSSR count). The number of anilines is 1. The SMILES string of the molecule is CCc1nc(C)c(NC(N)=O)s1. The van der Waals surface area contributed by atoms with Gasteiger partial charge in [-0.05, 0) is 13.3 Å². The monoisotopic (exact) mass is 185 g/mol. The van der Waals surface area contributed by atoms with E-state index >= 15 is 0 Å². The van der Waals surface area contributed by atoms with Crippen LogP contribution < -0.4 is 11.1 Å². The number of rotatable bonds is 2. The van der Waals surface area contributed by atoms with Gasteiger partial charge in [-0.15, -0.1) is 11.3 Å². The molecule has 0 fully saturated rings. The molecule has 1 aromatic rings. The van der Waals surface area contributed by atoms with Gasteiger partial charge in [0.25, 0.3) is 0 Å². The molecule has 2 amide bonds. The fourth-order valence-corrected chi connectivity index (χ4v) is 1.74. The Hall–Kier alpha value is -1.10. The molecule has 0 aliphatic heterocycles. The zero-order valence-electron chi connectivity index (χ0n) is 7.05. The van der Waals surface area contributed by atoms with Crippen molar-refractivity contribution in [2.45, 2.75) is 20.3 Å². The molecule has 3 N–H and O–H groups in total. The van der Waals surface area contributed by atoms with Crippen LogP contribution in [0.2, 0.25) is 0 Å². The molecule has 0 bridgehead atoms. The summed E-state index contributed by atoms with van der Waals surface area (Å²) in [6.45, 7) is 3.87. The van der Waals surface area contributed by atoms with E-state index in [1.807, 2.05) is 13.8 Å². The van der Waals surface area contributed by atoms with Crippen LogP contribution in [0.1, 0.15) is 17.6 Å². The molecular weight excluding hydrogens is 174 g/mol. The Morgan fingerprint density at radius 1 is 1.75 bits per heavy atom. The fraction of sp³-hybridized carbons (Fsp3) is 0.429. The van der Waals surface area contributed by atoms with Gasteiger partial charge in [-0.2, -0.15) is 0 Å². The lowest BCUT2D eigenvalue weighted by molar-refractivity contribution is 0.259. The van der Waals surface area contributed by atoms with Crippen molar-refractivity contribution >= 4 is 22.4 Å². The van der Waals surface area contributed by atoms with E-state index in [0.29, 0.717) is 0 Å². The number of urea groups is 1. The zero-order chi connectivity index (χ0) is 9.14. The normalized spacial score (nSPS) is 9.83. The summed E-state index contributed by atoms with van der Waals surface area (Å²) >= 11 is 1.46. The number of aryl methyl sites for hydroxylation is 2. The third kappa shape index (κ3) is 1.94. The first-order valence-corrected chi connectivity index (χ1v) is 4.48. The number of thiazole rings is 1. The molecule has 12 heavy (non-hydrogen) atoms. The molecule has 5 heteroatoms. The van der Waals surface area contributed by atoms with Gasteiger partial charge in [0.2, 0.25) is 0 Å². The quantitative estimate of drug-likeness (QED) is 0.733. The molecule has 0 saturated heterocycles. The minimum Gasteiger partial charge on any atom is -0.351 e. The van der Waals surface area contributed by atoms with Gasteiger partial charge in [-0.1, -0.05) is 6.92 Å². The van der Waals surface area contributed by atoms with Gasteiger partial charge in [0.15, 0.2) is 0 Å². The Labute approximate surface area is 74.8 Å². The fourth-order valence-electron chi connectivity index (χ4n) is 0.831. The van der Waals surface area contributed by atoms with Gasteiger partial charge in [0, 0.05) is 0 Å². The number of nitrogens with zero attached hydrogens (tertiary/aromatic N) is 1. The maximum Gasteiger partial charge on any atom is 0.317 e. The number of aromatic nitrogens is 1. The maximum absolute atomic E-state index is 10.5. The summed E-state index contributed by atoms with van der Waals surface area (Å²) in [6, 6.07) is -0.538. The van der Waals surface area contributed by atoms with Crippen LogP contribution in [0, 0.1) is 6.92 Å². The predicted octanol–water partition coefficient (Wildman–Crippen LogP) is 1.50. The Morgan fingerprint density at radius 2 is 2.42 bits per heavy atom. The van der Waals surface area contributed by atoms with Crippen molar-refractivity contribution < 1.29 is 4.79 Å². The maximum atomic E-state index is 10.5. The number of nitrogens with two attached hydrogens (primary N) is 1. The summed E-state index contributed by atoms with van der Waals surface area (Å²) in [5, 5.41) is 4.28. The predicted molar refractivity (Wildman–Crippen MR) is 49.4 cm³/mol. The Balaban J connectivity index is 2.84. The number of amides is 2. The van der Waals surface area contributed by atoms with Crippen LogP contribution in [0.5, 0.6) is 0 Å². The smallest absolute Gasteiger partial charge is 0.317 e. The first kappa shape index (κ1) is 8.99. The molecule has 0 saturated carbocycles. The number of carbonyl (C=O) groups is 1. The standard InChI is InChI=1S/C7H11N3OS/c1-3-5-9-4(2)6(12-5)10-7(8)11/h3H2,1-2H3,(H3,8,10,11). The Kier molecular flexibility index (Phi) is 2.65. The lowest BCUT2D eigenvalue weighted by Crippen LogP contribution is -2.18. The van der Waals surface area contributed by atoms with Crippen molar-refractivity contribution in [3.8, 4) is 0 Å². The van der Waals surface area contributed by atoms with Crippen molar-refractivity contribution in [3.63, 3.8) is 0 Å². The highest BCUT2D eigenvalue weighted by atomic mass is 32.1. The van der Waals surface area contributed by atoms with E-state index in [9.17, 15) is 4.79 Å². The Bertz CT molecular complexity index is 295. The summed E-state index contributed by atoms with van der Waals surface area (Å²) in [5.74, 6) is 0. The van der Waals surface area contributed by atoms with E-state index in [1.165, 1.54) is 11.3 Å². The molecule has 0 aliphatic carbocycles. The van der Waals surface area contributed by atoms with Crippen LogP contribution in [0.25, 0.3) is 0 Å². The van der Waals surface area contributed by atoms with Crippen LogP contribution in [0.3, 0.4) is 0 Å². The van der Waals surface area contributed by atoms with E-state index in [1.54, 1.807) is 0 Å². The minimum absolute atomic E-state index is 0.538. The highest BCUT2D eigenvalue weighted by molar-refractivity contribution is 7.16. The average molecular weight is 185 g/mol. The van der Waals surface area contributed by atoms with Crippen LogP contribution in [0.4, 0.5) is 9.80 Å². The molecule has 0 aliphatic rings. The molecule has 1 heterocycles. The van der Waals surface area contributed by atoms with E-state index in [2.05, 4.69) is 10.3 Å². The van der Waals surface area contributed by atoms with Gasteiger partial charge >= 0.3 is 6.03 Å². The number of primary amides is 1. The molecule has 0 atom stereocenters. The molecule has 0 radical (unpaired) electrons. The van der Waals surface area contributed by atoms with E-state index in [-0.39, 0.29) is 0 Å². The third-order valence-electron chi connectivity index (χ3n) is 1.38. The van der Waals surface area contributed by atoms with Crippen LogP contribution >= 0.6 is 11.3 Å². The second-order valence-corrected chi connectivity index (χ2v) is 3.45. The summed E-state index contributed by atoms with van der Waals surface area (Å²) in [4.78, 5) is 14.7. The number of hydrogen-bond donors (Lipinski definition) is 2. The molecule has 66 valence electrons. The van der Waals surface area contributed by atoms with E-state index in [4.69, 9.17) is 5.73 Å². The van der Waals surface area contributed by atoms with Gasteiger partial charge in [0.1, 0.15) is 5.00 Å². The number of carbonyl (C=O) groups excluding carboxylic acids is 1. The van der Waals surface area contributed by atoms with Gasteiger partial charge in [-0.25, -0.2) is 9.78 Å². The summed E-state index contributed by atoms with van der Waals surface area (Å²) in [7, 11) is 0. The molecule has 4 nitrogen and oxygen atoms in total. The summed E-state index contributed by atoms with van der Waals surface area (Å²) in [5.41, 5.74) is 5.80. The molecule has 0 aromatic carbocycles. The molecule has 0 spiro atoms. The minimum atomic E-state index is -0.538. The zero-order valence-corrected chi connectivity index (χ0v) is 7.86. The highest BCUT2D eigenvalue weighted by Crippen LogP contribution is 2.23. The Morgan fingerprint density at radius 3 is 2.83 bits per heavy atom. The lowest BCUT2D eigenvalue weighted by atomic mass is 10.5. The van der Waals surface area contributed by atoms with Crippen molar-refractivity contribution in [2.75, 3.05) is 5.32 Å². The van der Waals surface area contributed by atoms with Gasteiger partial charge < -0.3 is 5.73 Å². The third-order valence-corrected chi connectivity index (χ3v) is 2.60. The first-order valence-electron chi connectivity index (χ1n) is 3.66. The van der Waals surface area contributed by atoms with Crippen molar-refractivity contribution in [2.24, 2.45) is 5.73 Å². The van der Waals surface area contributed by atoms with Gasteiger partial charge in [0.05, 0.1) is 10.7 Å². The largest absolute Gasteiger partial charge is 0.351 e. The lowest BCUT2D eigenvalue weighted by Gasteiger charge is -1.95. The first-order chi connectivity index (χ1) is 5.63. The van der Waals surface area contributed by atoms with Gasteiger partial charge in [-0.3, -0.25) is 5.32 Å².